The zero-order chi connectivity index (χ0) is 17.3. The van der Waals surface area contributed by atoms with Crippen molar-refractivity contribution < 1.29 is 9.53 Å². The van der Waals surface area contributed by atoms with E-state index < -0.39 is 5.41 Å². The van der Waals surface area contributed by atoms with Crippen molar-refractivity contribution in [3.8, 4) is 0 Å². The second-order valence-electron chi connectivity index (χ2n) is 6.59. The van der Waals surface area contributed by atoms with Crippen molar-refractivity contribution in [3.63, 3.8) is 0 Å². The fraction of sp³-hybridized carbons (Fsp3) is 0.350. The molecule has 0 aliphatic heterocycles. The summed E-state index contributed by atoms with van der Waals surface area (Å²) in [7, 11) is 3.95. The van der Waals surface area contributed by atoms with Gasteiger partial charge in [-0.2, -0.15) is 0 Å². The van der Waals surface area contributed by atoms with Crippen molar-refractivity contribution in [2.24, 2.45) is 0 Å². The zero-order valence-corrected chi connectivity index (χ0v) is 14.5. The van der Waals surface area contributed by atoms with Crippen molar-refractivity contribution in [1.29, 1.82) is 0 Å². The lowest BCUT2D eigenvalue weighted by atomic mass is 9.76. The van der Waals surface area contributed by atoms with E-state index in [9.17, 15) is 4.79 Å². The maximum Gasteiger partial charge on any atom is 0.317 e. The molecule has 0 heterocycles. The minimum atomic E-state index is -0.728. The first-order chi connectivity index (χ1) is 11.5. The smallest absolute Gasteiger partial charge is 0.317 e. The third kappa shape index (κ3) is 2.62. The van der Waals surface area contributed by atoms with Gasteiger partial charge in [-0.3, -0.25) is 4.79 Å². The number of esters is 1. The number of nitrogens with zero attached hydrogens (tertiary/aromatic N) is 1. The maximum absolute atomic E-state index is 12.9. The highest BCUT2D eigenvalue weighted by Crippen LogP contribution is 2.43. The molecule has 0 atom stereocenters. The molecular formula is C20H24N2O2. The molecule has 4 nitrogen and oxygen atoms in total. The summed E-state index contributed by atoms with van der Waals surface area (Å²) in [4.78, 5) is 14.9. The number of carbonyl (C=O) groups excluding carboxylic acids is 1. The number of ether oxygens (including phenoxy) is 1. The van der Waals surface area contributed by atoms with Crippen LogP contribution in [-0.2, 0) is 27.8 Å². The Balaban J connectivity index is 2.09. The van der Waals surface area contributed by atoms with E-state index in [1.54, 1.807) is 0 Å². The van der Waals surface area contributed by atoms with Crippen LogP contribution in [-0.4, -0.2) is 26.7 Å². The van der Waals surface area contributed by atoms with Crippen molar-refractivity contribution in [1.82, 2.24) is 0 Å². The molecular weight excluding hydrogens is 300 g/mol. The number of hydrogen-bond acceptors (Lipinski definition) is 4. The second-order valence-corrected chi connectivity index (χ2v) is 6.59. The number of nitrogens with two attached hydrogens (primary N) is 1. The molecule has 24 heavy (non-hydrogen) atoms. The monoisotopic (exact) mass is 324 g/mol. The van der Waals surface area contributed by atoms with Gasteiger partial charge in [0.2, 0.25) is 0 Å². The largest absolute Gasteiger partial charge is 0.465 e. The first kappa shape index (κ1) is 16.4. The summed E-state index contributed by atoms with van der Waals surface area (Å²) < 4.78 is 5.44. The van der Waals surface area contributed by atoms with E-state index in [0.717, 1.165) is 11.3 Å². The van der Waals surface area contributed by atoms with Gasteiger partial charge in [0, 0.05) is 25.5 Å². The van der Waals surface area contributed by atoms with Crippen LogP contribution < -0.4 is 10.6 Å². The molecule has 0 radical (unpaired) electrons. The molecule has 3 rings (SSSR count). The van der Waals surface area contributed by atoms with Crippen molar-refractivity contribution in [2.75, 3.05) is 31.3 Å². The van der Waals surface area contributed by atoms with Crippen molar-refractivity contribution >= 4 is 17.3 Å². The SMILES string of the molecule is CCOC(=O)C1(c2ccc(N(C)C)cc2N)Cc2ccccc2C1. The summed E-state index contributed by atoms with van der Waals surface area (Å²) in [5, 5.41) is 0. The summed E-state index contributed by atoms with van der Waals surface area (Å²) in [5.74, 6) is -0.189. The van der Waals surface area contributed by atoms with Crippen LogP contribution in [0, 0.1) is 0 Å². The average molecular weight is 324 g/mol. The van der Waals surface area contributed by atoms with E-state index in [1.807, 2.05) is 56.3 Å². The van der Waals surface area contributed by atoms with Gasteiger partial charge in [-0.15, -0.1) is 0 Å². The van der Waals surface area contributed by atoms with Crippen LogP contribution in [0.2, 0.25) is 0 Å². The number of benzene rings is 2. The Bertz CT molecular complexity index is 743. The molecule has 0 unspecified atom stereocenters. The van der Waals surface area contributed by atoms with Crippen LogP contribution in [0.4, 0.5) is 11.4 Å². The van der Waals surface area contributed by atoms with Crippen LogP contribution in [0.25, 0.3) is 0 Å². The third-order valence-electron chi connectivity index (χ3n) is 4.84. The Kier molecular flexibility index (Phi) is 4.22. The van der Waals surface area contributed by atoms with Crippen molar-refractivity contribution in [2.45, 2.75) is 25.2 Å². The highest BCUT2D eigenvalue weighted by atomic mass is 16.5. The number of hydrogen-bond donors (Lipinski definition) is 1. The van der Waals surface area contributed by atoms with Gasteiger partial charge in [-0.25, -0.2) is 0 Å². The van der Waals surface area contributed by atoms with Crippen molar-refractivity contribution in [3.05, 3.63) is 59.2 Å². The van der Waals surface area contributed by atoms with E-state index >= 15 is 0 Å². The molecule has 0 fully saturated rings. The molecule has 4 heteroatoms. The van der Waals surface area contributed by atoms with Gasteiger partial charge >= 0.3 is 5.97 Å². The topological polar surface area (TPSA) is 55.6 Å². The highest BCUT2D eigenvalue weighted by molar-refractivity contribution is 5.88. The quantitative estimate of drug-likeness (QED) is 0.694. The van der Waals surface area contributed by atoms with Gasteiger partial charge in [-0.05, 0) is 48.6 Å². The van der Waals surface area contributed by atoms with E-state index in [1.165, 1.54) is 11.1 Å². The minimum Gasteiger partial charge on any atom is -0.465 e. The summed E-state index contributed by atoms with van der Waals surface area (Å²) in [6.07, 6.45) is 1.26. The molecule has 126 valence electrons. The summed E-state index contributed by atoms with van der Waals surface area (Å²) in [6, 6.07) is 14.1. The maximum atomic E-state index is 12.9. The molecule has 2 aromatic carbocycles. The van der Waals surface area contributed by atoms with Crippen LogP contribution in [0.1, 0.15) is 23.6 Å². The molecule has 0 aromatic heterocycles. The first-order valence-electron chi connectivity index (χ1n) is 8.29. The van der Waals surface area contributed by atoms with Crippen LogP contribution in [0.3, 0.4) is 0 Å². The Morgan fingerprint density at radius 2 is 1.79 bits per heavy atom. The lowest BCUT2D eigenvalue weighted by Gasteiger charge is -2.29. The van der Waals surface area contributed by atoms with Gasteiger partial charge in [0.1, 0.15) is 5.41 Å². The van der Waals surface area contributed by atoms with E-state index in [2.05, 4.69) is 12.1 Å². The van der Waals surface area contributed by atoms with Gasteiger partial charge in [0.05, 0.1) is 6.61 Å². The normalized spacial score (nSPS) is 15.0. The summed E-state index contributed by atoms with van der Waals surface area (Å²) in [5.41, 5.74) is 10.5. The highest BCUT2D eigenvalue weighted by Gasteiger charge is 2.47. The van der Waals surface area contributed by atoms with Gasteiger partial charge in [0.25, 0.3) is 0 Å². The minimum absolute atomic E-state index is 0.189. The molecule has 1 aliphatic rings. The van der Waals surface area contributed by atoms with Gasteiger partial charge in [0.15, 0.2) is 0 Å². The van der Waals surface area contributed by atoms with Gasteiger partial charge in [-0.1, -0.05) is 30.3 Å². The molecule has 1 aliphatic carbocycles. The van der Waals surface area contributed by atoms with Crippen LogP contribution in [0.5, 0.6) is 0 Å². The Morgan fingerprint density at radius 1 is 1.17 bits per heavy atom. The lowest BCUT2D eigenvalue weighted by Crippen LogP contribution is -2.39. The van der Waals surface area contributed by atoms with Crippen LogP contribution >= 0.6 is 0 Å². The molecule has 2 N–H and O–H groups in total. The standard InChI is InChI=1S/C20H24N2O2/c1-4-24-19(23)20(12-14-7-5-6-8-15(14)13-20)17-10-9-16(22(2)3)11-18(17)21/h5-11H,4,12-13,21H2,1-3H3. The van der Waals surface area contributed by atoms with Gasteiger partial charge < -0.3 is 15.4 Å². The molecule has 0 amide bonds. The fourth-order valence-electron chi connectivity index (χ4n) is 3.59. The number of carbonyl (C=O) groups is 1. The number of fused-ring (bicyclic) bond motifs is 1. The zero-order valence-electron chi connectivity index (χ0n) is 14.5. The Morgan fingerprint density at radius 3 is 2.29 bits per heavy atom. The Hall–Kier alpha value is -2.49. The first-order valence-corrected chi connectivity index (χ1v) is 8.29. The number of rotatable bonds is 4. The molecule has 0 saturated carbocycles. The van der Waals surface area contributed by atoms with E-state index in [0.29, 0.717) is 25.1 Å². The number of anilines is 2. The summed E-state index contributed by atoms with van der Waals surface area (Å²) in [6.45, 7) is 2.21. The van der Waals surface area contributed by atoms with Crippen LogP contribution in [0.15, 0.2) is 42.5 Å². The lowest BCUT2D eigenvalue weighted by molar-refractivity contribution is -0.149. The van der Waals surface area contributed by atoms with E-state index in [-0.39, 0.29) is 5.97 Å². The molecule has 2 aromatic rings. The summed E-state index contributed by atoms with van der Waals surface area (Å²) >= 11 is 0. The number of nitrogen functional groups attached to an aromatic ring is 1. The fourth-order valence-corrected chi connectivity index (χ4v) is 3.59. The molecule has 0 saturated heterocycles. The predicted octanol–water partition coefficient (Wildman–Crippen LogP) is 2.93. The second kappa shape index (κ2) is 6.19. The third-order valence-corrected chi connectivity index (χ3v) is 4.84. The molecule has 0 spiro atoms. The average Bonchev–Trinajstić information content (AvgIpc) is 2.95. The molecule has 0 bridgehead atoms. The predicted molar refractivity (Wildman–Crippen MR) is 97.3 cm³/mol. The van der Waals surface area contributed by atoms with E-state index in [4.69, 9.17) is 10.5 Å². The Labute approximate surface area is 143 Å².